The molecule has 1 saturated heterocycles. The Morgan fingerprint density at radius 2 is 1.94 bits per heavy atom. The molecule has 6 N–H and O–H groups in total. The first-order valence-electron chi connectivity index (χ1n) is 11.0. The van der Waals surface area contributed by atoms with Crippen LogP contribution in [0.25, 0.3) is 0 Å². The molecule has 1 aliphatic heterocycles. The third-order valence-electron chi connectivity index (χ3n) is 5.07. The normalized spacial score (nSPS) is 26.4. The lowest BCUT2D eigenvalue weighted by molar-refractivity contribution is -0.149. The fourth-order valence-electron chi connectivity index (χ4n) is 3.30. The summed E-state index contributed by atoms with van der Waals surface area (Å²) in [6, 6.07) is 8.57. The number of carbonyl (C=O) groups excluding carboxylic acids is 1. The molecule has 2 aromatic rings. The van der Waals surface area contributed by atoms with E-state index in [1.807, 2.05) is 4.98 Å². The number of aliphatic hydroxyl groups is 2. The summed E-state index contributed by atoms with van der Waals surface area (Å²) in [4.78, 5) is 37.9. The van der Waals surface area contributed by atoms with Crippen molar-refractivity contribution in [2.75, 3.05) is 6.61 Å². The van der Waals surface area contributed by atoms with Gasteiger partial charge in [0.1, 0.15) is 30.6 Å². The summed E-state index contributed by atoms with van der Waals surface area (Å²) in [5, 5.41) is 24.0. The summed E-state index contributed by atoms with van der Waals surface area (Å²) in [7, 11) is 0. The molecular weight excluding hydrogens is 515 g/mol. The van der Waals surface area contributed by atoms with Crippen LogP contribution in [-0.2, 0) is 30.6 Å². The topological polar surface area (TPSA) is 187 Å². The van der Waals surface area contributed by atoms with Gasteiger partial charge in [-0.15, -0.1) is 0 Å². The number of esters is 1. The molecule has 1 aliphatic rings. The molecule has 0 aliphatic carbocycles. The Bertz CT molecular complexity index is 1220. The van der Waals surface area contributed by atoms with Crippen LogP contribution < -0.4 is 26.6 Å². The molecule has 0 saturated carbocycles. The van der Waals surface area contributed by atoms with Crippen molar-refractivity contribution < 1.29 is 33.5 Å². The van der Waals surface area contributed by atoms with Gasteiger partial charge in [0.05, 0.1) is 6.10 Å². The third kappa shape index (κ3) is 6.66. The van der Waals surface area contributed by atoms with Gasteiger partial charge >= 0.3 is 18.3 Å². The monoisotopic (exact) mass is 544 g/mol. The van der Waals surface area contributed by atoms with Gasteiger partial charge in [0.15, 0.2) is 12.0 Å². The van der Waals surface area contributed by atoms with Crippen LogP contribution >= 0.6 is 6.64 Å². The summed E-state index contributed by atoms with van der Waals surface area (Å²) < 4.78 is 23.4. The van der Waals surface area contributed by atoms with E-state index in [2.05, 4.69) is 5.09 Å². The smallest absolute Gasteiger partial charge is 0.330 e. The number of aromatic amines is 1. The number of hydrogen-bond acceptors (Lipinski definition) is 11. The molecule has 3 rings (SSSR count). The van der Waals surface area contributed by atoms with E-state index in [0.29, 0.717) is 5.75 Å². The molecule has 198 valence electrons. The first-order chi connectivity index (χ1) is 16.8. The molecule has 2 unspecified atom stereocenters. The van der Waals surface area contributed by atoms with Crippen molar-refractivity contribution in [1.29, 1.82) is 0 Å². The Hall–Kier alpha value is -2.42. The van der Waals surface area contributed by atoms with Crippen LogP contribution in [0.3, 0.4) is 0 Å². The Morgan fingerprint density at radius 3 is 2.56 bits per heavy atom. The molecule has 1 aromatic heterocycles. The SMILES string of the molecule is CC(C)OC(=O)C(C)NP(=S)(OC[C@@]1(N)O[C@@H](n2ccc(=O)[nH]c2=O)[C@H](O)[C@@H]1O)Oc1ccccc1. The standard InChI is InChI=1S/C21H29N4O9PS/c1-12(2)32-19(29)13(3)24-35(36,34-14-7-5-4-6-8-14)31-11-21(22)17(28)16(27)18(33-21)25-10-9-15(26)23-20(25)30/h4-10,12-13,16-18,27-28H,11,22H2,1-3H3,(H,24,36)(H,23,26,30)/t13?,16-,17+,18-,21-,35?/m1/s1. The Morgan fingerprint density at radius 1 is 1.28 bits per heavy atom. The zero-order valence-corrected chi connectivity index (χ0v) is 21.5. The zero-order chi connectivity index (χ0) is 26.7. The Kier molecular flexibility index (Phi) is 8.85. The van der Waals surface area contributed by atoms with E-state index in [9.17, 15) is 24.6 Å². The molecular formula is C21H29N4O9PS. The van der Waals surface area contributed by atoms with Crippen LogP contribution in [0, 0.1) is 0 Å². The average molecular weight is 545 g/mol. The van der Waals surface area contributed by atoms with E-state index in [1.54, 1.807) is 44.2 Å². The summed E-state index contributed by atoms with van der Waals surface area (Å²) in [5.41, 5.74) is 2.65. The highest BCUT2D eigenvalue weighted by Gasteiger charge is 2.54. The maximum Gasteiger partial charge on any atom is 0.330 e. The van der Waals surface area contributed by atoms with Crippen LogP contribution in [0.1, 0.15) is 27.0 Å². The minimum atomic E-state index is -3.53. The molecule has 2 heterocycles. The van der Waals surface area contributed by atoms with Gasteiger partial charge in [0.25, 0.3) is 5.56 Å². The minimum absolute atomic E-state index is 0.342. The van der Waals surface area contributed by atoms with E-state index < -0.39 is 60.7 Å². The molecule has 6 atom stereocenters. The maximum absolute atomic E-state index is 12.4. The van der Waals surface area contributed by atoms with E-state index in [-0.39, 0.29) is 6.10 Å². The van der Waals surface area contributed by atoms with Crippen LogP contribution in [0.2, 0.25) is 0 Å². The number of hydrogen-bond donors (Lipinski definition) is 5. The van der Waals surface area contributed by atoms with Gasteiger partial charge in [0.2, 0.25) is 0 Å². The third-order valence-corrected chi connectivity index (χ3v) is 7.55. The lowest BCUT2D eigenvalue weighted by Crippen LogP contribution is -2.54. The second kappa shape index (κ2) is 11.3. The van der Waals surface area contributed by atoms with Crippen LogP contribution in [0.15, 0.2) is 52.2 Å². The number of para-hydroxylation sites is 1. The highest BCUT2D eigenvalue weighted by atomic mass is 32.5. The van der Waals surface area contributed by atoms with Crippen LogP contribution in [-0.4, -0.2) is 62.4 Å². The predicted molar refractivity (Wildman–Crippen MR) is 132 cm³/mol. The number of nitrogens with one attached hydrogen (secondary N) is 2. The second-order valence-corrected chi connectivity index (χ2v) is 11.6. The van der Waals surface area contributed by atoms with Crippen molar-refractivity contribution in [3.05, 3.63) is 63.4 Å². The molecule has 0 amide bonds. The van der Waals surface area contributed by atoms with Gasteiger partial charge in [-0.2, -0.15) is 0 Å². The summed E-state index contributed by atoms with van der Waals surface area (Å²) in [5.74, 6) is -0.249. The fourth-order valence-corrected chi connectivity index (χ4v) is 5.72. The van der Waals surface area contributed by atoms with Crippen molar-refractivity contribution >= 4 is 24.4 Å². The van der Waals surface area contributed by atoms with E-state index in [4.69, 9.17) is 36.1 Å². The summed E-state index contributed by atoms with van der Waals surface area (Å²) in [6.07, 6.45) is -4.06. The molecule has 13 nitrogen and oxygen atoms in total. The number of carbonyl (C=O) groups is 1. The average Bonchev–Trinajstić information content (AvgIpc) is 3.02. The van der Waals surface area contributed by atoms with Crippen LogP contribution in [0.4, 0.5) is 0 Å². The van der Waals surface area contributed by atoms with Crippen molar-refractivity contribution in [2.45, 2.75) is 57.1 Å². The van der Waals surface area contributed by atoms with Crippen molar-refractivity contribution in [1.82, 2.24) is 14.6 Å². The minimum Gasteiger partial charge on any atom is -0.462 e. The van der Waals surface area contributed by atoms with Gasteiger partial charge in [-0.05, 0) is 44.7 Å². The molecule has 0 bridgehead atoms. The molecule has 1 fully saturated rings. The highest BCUT2D eigenvalue weighted by molar-refractivity contribution is 8.09. The first kappa shape index (κ1) is 28.2. The lowest BCUT2D eigenvalue weighted by Gasteiger charge is -2.32. The van der Waals surface area contributed by atoms with Gasteiger partial charge < -0.3 is 28.7 Å². The zero-order valence-electron chi connectivity index (χ0n) is 19.8. The number of rotatable bonds is 10. The van der Waals surface area contributed by atoms with Crippen LogP contribution in [0.5, 0.6) is 5.75 Å². The summed E-state index contributed by atoms with van der Waals surface area (Å²) in [6.45, 7) is 0.791. The van der Waals surface area contributed by atoms with E-state index in [1.165, 1.54) is 6.92 Å². The molecule has 0 radical (unpaired) electrons. The molecule has 36 heavy (non-hydrogen) atoms. The number of benzene rings is 1. The number of nitrogens with two attached hydrogens (primary N) is 1. The fraction of sp³-hybridized carbons (Fsp3) is 0.476. The van der Waals surface area contributed by atoms with Gasteiger partial charge in [0, 0.05) is 12.3 Å². The summed E-state index contributed by atoms with van der Waals surface area (Å²) >= 11 is 5.60. The predicted octanol–water partition coefficient (Wildman–Crippen LogP) is -0.308. The Balaban J connectivity index is 1.81. The van der Waals surface area contributed by atoms with Gasteiger partial charge in [-0.3, -0.25) is 24.9 Å². The number of nitrogens with zero attached hydrogens (tertiary/aromatic N) is 1. The second-order valence-electron chi connectivity index (χ2n) is 8.43. The number of H-pyrrole nitrogens is 1. The van der Waals surface area contributed by atoms with Gasteiger partial charge in [-0.25, -0.2) is 9.88 Å². The van der Waals surface area contributed by atoms with Crippen molar-refractivity contribution in [3.8, 4) is 5.75 Å². The largest absolute Gasteiger partial charge is 0.462 e. The maximum atomic E-state index is 12.4. The molecule has 1 aromatic carbocycles. The lowest BCUT2D eigenvalue weighted by atomic mass is 10.1. The number of ether oxygens (including phenoxy) is 2. The van der Waals surface area contributed by atoms with Crippen molar-refractivity contribution in [3.63, 3.8) is 0 Å². The number of aliphatic hydroxyl groups excluding tert-OH is 2. The Labute approximate surface area is 211 Å². The highest BCUT2D eigenvalue weighted by Crippen LogP contribution is 2.47. The quantitative estimate of drug-likeness (QED) is 0.194. The van der Waals surface area contributed by atoms with Gasteiger partial charge in [-0.1, -0.05) is 18.2 Å². The number of aromatic nitrogens is 2. The first-order valence-corrected chi connectivity index (χ1v) is 13.6. The molecule has 15 heteroatoms. The molecule has 0 spiro atoms. The van der Waals surface area contributed by atoms with E-state index >= 15 is 0 Å². The van der Waals surface area contributed by atoms with E-state index in [0.717, 1.165) is 16.8 Å². The van der Waals surface area contributed by atoms with Crippen molar-refractivity contribution in [2.24, 2.45) is 5.73 Å².